The Balaban J connectivity index is 1.31. The van der Waals surface area contributed by atoms with E-state index in [1.165, 1.54) is 0 Å². The summed E-state index contributed by atoms with van der Waals surface area (Å²) in [6.45, 7) is 0.994. The van der Waals surface area contributed by atoms with Crippen molar-refractivity contribution in [3.8, 4) is 0 Å². The Hall–Kier alpha value is -3.23. The summed E-state index contributed by atoms with van der Waals surface area (Å²) in [4.78, 5) is 12.8. The summed E-state index contributed by atoms with van der Waals surface area (Å²) in [6.07, 6.45) is -2.16. The predicted molar refractivity (Wildman–Crippen MR) is 133 cm³/mol. The number of methoxy groups -OCH3 is 1. The number of rotatable bonds is 10. The second kappa shape index (κ2) is 11.7. The Kier molecular flexibility index (Phi) is 7.93. The second-order valence-corrected chi connectivity index (χ2v) is 9.04. The van der Waals surface area contributed by atoms with Gasteiger partial charge in [0.05, 0.1) is 31.3 Å². The lowest BCUT2D eigenvalue weighted by molar-refractivity contribution is -0.200. The van der Waals surface area contributed by atoms with Gasteiger partial charge in [-0.25, -0.2) is 4.79 Å². The molecule has 0 spiro atoms. The van der Waals surface area contributed by atoms with E-state index in [0.29, 0.717) is 13.2 Å². The lowest BCUT2D eigenvalue weighted by Crippen LogP contribution is -2.54. The van der Waals surface area contributed by atoms with E-state index in [1.54, 1.807) is 7.11 Å². The van der Waals surface area contributed by atoms with Crippen LogP contribution >= 0.6 is 0 Å². The summed E-state index contributed by atoms with van der Waals surface area (Å²) in [5.41, 5.74) is 3.02. The first-order valence-electron chi connectivity index (χ1n) is 12.2. The van der Waals surface area contributed by atoms with Gasteiger partial charge in [-0.05, 0) is 16.7 Å². The van der Waals surface area contributed by atoms with Gasteiger partial charge in [0.15, 0.2) is 6.29 Å². The first-order valence-corrected chi connectivity index (χ1v) is 12.2. The van der Waals surface area contributed by atoms with E-state index in [-0.39, 0.29) is 18.6 Å². The molecular formula is C29H31NO6. The van der Waals surface area contributed by atoms with Crippen molar-refractivity contribution in [3.63, 3.8) is 0 Å². The number of nitrogens with one attached hydrogen (secondary N) is 1. The van der Waals surface area contributed by atoms with Gasteiger partial charge >= 0.3 is 6.09 Å². The lowest BCUT2D eigenvalue weighted by Gasteiger charge is -2.34. The molecule has 5 rings (SSSR count). The maximum Gasteiger partial charge on any atom is 0.407 e. The van der Waals surface area contributed by atoms with Gasteiger partial charge in [-0.3, -0.25) is 0 Å². The zero-order valence-corrected chi connectivity index (χ0v) is 20.2. The fourth-order valence-corrected chi connectivity index (χ4v) is 4.99. The fourth-order valence-electron chi connectivity index (χ4n) is 4.99. The van der Waals surface area contributed by atoms with Gasteiger partial charge in [0.1, 0.15) is 18.8 Å². The van der Waals surface area contributed by atoms with Crippen molar-refractivity contribution < 1.29 is 28.5 Å². The van der Waals surface area contributed by atoms with Crippen molar-refractivity contribution >= 4 is 6.09 Å². The van der Waals surface area contributed by atoms with E-state index < -0.39 is 30.6 Å². The largest absolute Gasteiger partial charge is 0.445 e. The van der Waals surface area contributed by atoms with Gasteiger partial charge in [-0.2, -0.15) is 0 Å². The third kappa shape index (κ3) is 5.60. The molecule has 3 aromatic rings. The summed E-state index contributed by atoms with van der Waals surface area (Å²) >= 11 is 0. The minimum absolute atomic E-state index is 0.182. The average Bonchev–Trinajstić information content (AvgIpc) is 3.43. The lowest BCUT2D eigenvalue weighted by atomic mass is 10.0. The zero-order valence-electron chi connectivity index (χ0n) is 20.2. The summed E-state index contributed by atoms with van der Waals surface area (Å²) in [7, 11) is 1.60. The molecule has 1 saturated heterocycles. The van der Waals surface area contributed by atoms with E-state index in [0.717, 1.165) is 16.7 Å². The smallest absolute Gasteiger partial charge is 0.407 e. The highest BCUT2D eigenvalue weighted by atomic mass is 16.7. The SMILES string of the molecule is CO[C@@H]1O[C@@H]2[C@H](OCc3ccccc3)[C@@H](NC(=O)OCc3ccccc3)[C@H]1[C@@H]2OCc1ccccc1. The molecule has 2 fully saturated rings. The summed E-state index contributed by atoms with van der Waals surface area (Å²) in [5.74, 6) is -0.256. The van der Waals surface area contributed by atoms with Crippen LogP contribution in [-0.4, -0.2) is 43.8 Å². The van der Waals surface area contributed by atoms with Gasteiger partial charge < -0.3 is 29.0 Å². The number of hydrogen-bond donors (Lipinski definition) is 1. The van der Waals surface area contributed by atoms with Crippen LogP contribution < -0.4 is 5.32 Å². The Bertz CT molecular complexity index is 1100. The molecule has 1 amide bonds. The number of fused-ring (bicyclic) bond motifs is 2. The molecule has 7 heteroatoms. The van der Waals surface area contributed by atoms with Crippen LogP contribution in [0.15, 0.2) is 91.0 Å². The first-order chi connectivity index (χ1) is 17.7. The second-order valence-electron chi connectivity index (χ2n) is 9.04. The molecule has 0 radical (unpaired) electrons. The standard InChI is InChI=1S/C29H31NO6/c1-32-28-23-24(30-29(31)35-19-22-15-9-4-10-16-22)26(34-18-21-13-7-3-8-14-21)27(36-28)25(23)33-17-20-11-5-2-6-12-20/h2-16,23-28H,17-19H2,1H3,(H,30,31)/t23-,24-,25-,26+,27-,28+/m0/s1. The molecular weight excluding hydrogens is 458 g/mol. The molecule has 1 saturated carbocycles. The molecule has 7 nitrogen and oxygen atoms in total. The summed E-state index contributed by atoms with van der Waals surface area (Å²) < 4.78 is 30.0. The number of benzene rings is 3. The van der Waals surface area contributed by atoms with E-state index in [2.05, 4.69) is 5.32 Å². The highest BCUT2D eigenvalue weighted by Crippen LogP contribution is 2.45. The van der Waals surface area contributed by atoms with Crippen molar-refractivity contribution in [2.75, 3.05) is 7.11 Å². The Morgan fingerprint density at radius 3 is 1.78 bits per heavy atom. The van der Waals surface area contributed by atoms with Crippen molar-refractivity contribution in [2.24, 2.45) is 5.92 Å². The summed E-state index contributed by atoms with van der Waals surface area (Å²) in [6, 6.07) is 29.1. The predicted octanol–water partition coefficient (Wildman–Crippen LogP) is 4.45. The highest BCUT2D eigenvalue weighted by Gasteiger charge is 2.63. The molecule has 0 unspecified atom stereocenters. The molecule has 36 heavy (non-hydrogen) atoms. The van der Waals surface area contributed by atoms with E-state index in [9.17, 15) is 4.79 Å². The van der Waals surface area contributed by atoms with Gasteiger partial charge in [0.25, 0.3) is 0 Å². The average molecular weight is 490 g/mol. The monoisotopic (exact) mass is 489 g/mol. The Morgan fingerprint density at radius 2 is 1.25 bits per heavy atom. The molecule has 0 aromatic heterocycles. The fraction of sp³-hybridized carbons (Fsp3) is 0.345. The van der Waals surface area contributed by atoms with E-state index >= 15 is 0 Å². The zero-order chi connectivity index (χ0) is 24.7. The third-order valence-electron chi connectivity index (χ3n) is 6.70. The molecule has 2 aliphatic rings. The van der Waals surface area contributed by atoms with Crippen LogP contribution in [0.4, 0.5) is 4.79 Å². The molecule has 188 valence electrons. The van der Waals surface area contributed by atoms with Crippen molar-refractivity contribution in [2.45, 2.75) is 50.5 Å². The molecule has 1 N–H and O–H groups in total. The van der Waals surface area contributed by atoms with Crippen molar-refractivity contribution in [1.29, 1.82) is 0 Å². The van der Waals surface area contributed by atoms with Crippen LogP contribution in [0.5, 0.6) is 0 Å². The van der Waals surface area contributed by atoms with E-state index in [4.69, 9.17) is 23.7 Å². The van der Waals surface area contributed by atoms with Gasteiger partial charge in [-0.1, -0.05) is 91.0 Å². The van der Waals surface area contributed by atoms with Crippen LogP contribution in [0.1, 0.15) is 16.7 Å². The first kappa shape index (κ1) is 24.5. The molecule has 1 aliphatic carbocycles. The number of hydrogen-bond acceptors (Lipinski definition) is 6. The van der Waals surface area contributed by atoms with Gasteiger partial charge in [0.2, 0.25) is 0 Å². The Labute approximate surface area is 211 Å². The van der Waals surface area contributed by atoms with Crippen LogP contribution in [-0.2, 0) is 43.5 Å². The number of carbonyl (C=O) groups is 1. The van der Waals surface area contributed by atoms with Crippen LogP contribution in [0.25, 0.3) is 0 Å². The summed E-state index contributed by atoms with van der Waals surface area (Å²) in [5, 5.41) is 3.03. The topological polar surface area (TPSA) is 75.2 Å². The van der Waals surface area contributed by atoms with Crippen molar-refractivity contribution in [1.82, 2.24) is 5.32 Å². The normalized spacial score (nSPS) is 26.6. The number of alkyl carbamates (subject to hydrolysis) is 1. The molecule has 1 heterocycles. The quantitative estimate of drug-likeness (QED) is 0.454. The third-order valence-corrected chi connectivity index (χ3v) is 6.70. The number of amides is 1. The van der Waals surface area contributed by atoms with Gasteiger partial charge in [0, 0.05) is 7.11 Å². The number of ether oxygens (including phenoxy) is 5. The van der Waals surface area contributed by atoms with E-state index in [1.807, 2.05) is 91.0 Å². The molecule has 6 atom stereocenters. The van der Waals surface area contributed by atoms with Crippen molar-refractivity contribution in [3.05, 3.63) is 108 Å². The molecule has 3 aromatic carbocycles. The maximum absolute atomic E-state index is 12.8. The van der Waals surface area contributed by atoms with Crippen LogP contribution in [0, 0.1) is 5.92 Å². The van der Waals surface area contributed by atoms with Crippen LogP contribution in [0.2, 0.25) is 0 Å². The highest BCUT2D eigenvalue weighted by molar-refractivity contribution is 5.68. The van der Waals surface area contributed by atoms with Gasteiger partial charge in [-0.15, -0.1) is 0 Å². The Morgan fingerprint density at radius 1 is 0.750 bits per heavy atom. The molecule has 2 bridgehead atoms. The minimum Gasteiger partial charge on any atom is -0.445 e. The maximum atomic E-state index is 12.8. The molecule has 1 aliphatic heterocycles. The minimum atomic E-state index is -0.522. The van der Waals surface area contributed by atoms with Crippen LogP contribution in [0.3, 0.4) is 0 Å². The number of carbonyl (C=O) groups excluding carboxylic acids is 1.